The molecule has 0 aromatic heterocycles. The van der Waals surface area contributed by atoms with Crippen molar-refractivity contribution in [3.8, 4) is 5.75 Å². The predicted molar refractivity (Wildman–Crippen MR) is 86.5 cm³/mol. The maximum Gasteiger partial charge on any atom is 0.339 e. The molecule has 0 saturated heterocycles. The van der Waals surface area contributed by atoms with Crippen LogP contribution in [-0.2, 0) is 4.74 Å². The average molecular weight is 363 g/mol. The largest absolute Gasteiger partial charge is 0.494 e. The number of rotatable bonds is 5. The highest BCUT2D eigenvalue weighted by Gasteiger charge is 2.15. The average Bonchev–Trinajstić information content (AvgIpc) is 2.54. The lowest BCUT2D eigenvalue weighted by molar-refractivity contribution is 0.0599. The summed E-state index contributed by atoms with van der Waals surface area (Å²) in [5.41, 5.74) is 1.43. The summed E-state index contributed by atoms with van der Waals surface area (Å²) in [6.45, 7) is 2.48. The van der Waals surface area contributed by atoms with Gasteiger partial charge in [0.2, 0.25) is 0 Å². The minimum atomic E-state index is -0.452. The molecule has 0 saturated carbocycles. The third kappa shape index (κ3) is 3.54. The summed E-state index contributed by atoms with van der Waals surface area (Å²) in [7, 11) is 1.31. The molecule has 0 amide bonds. The second-order valence-electron chi connectivity index (χ2n) is 4.47. The SMILES string of the molecule is CCOc1ccc(C(=O)c2ccc(C(=O)OC)c(Br)c2)cc1. The maximum atomic E-state index is 12.4. The molecule has 2 aromatic carbocycles. The molecule has 0 N–H and O–H groups in total. The van der Waals surface area contributed by atoms with Crippen LogP contribution in [0, 0.1) is 0 Å². The number of halogens is 1. The highest BCUT2D eigenvalue weighted by atomic mass is 79.9. The van der Waals surface area contributed by atoms with Gasteiger partial charge in [0, 0.05) is 15.6 Å². The molecule has 2 aromatic rings. The van der Waals surface area contributed by atoms with Crippen LogP contribution in [0.25, 0.3) is 0 Å². The molecule has 22 heavy (non-hydrogen) atoms. The van der Waals surface area contributed by atoms with Crippen LogP contribution in [0.15, 0.2) is 46.9 Å². The summed E-state index contributed by atoms with van der Waals surface area (Å²) in [4.78, 5) is 24.0. The third-order valence-electron chi connectivity index (χ3n) is 3.06. The minimum Gasteiger partial charge on any atom is -0.494 e. The zero-order valence-electron chi connectivity index (χ0n) is 12.3. The highest BCUT2D eigenvalue weighted by Crippen LogP contribution is 2.22. The Morgan fingerprint density at radius 1 is 1.05 bits per heavy atom. The molecule has 0 aliphatic rings. The summed E-state index contributed by atoms with van der Waals surface area (Å²) in [6.07, 6.45) is 0. The first-order valence-electron chi connectivity index (χ1n) is 6.72. The van der Waals surface area contributed by atoms with Gasteiger partial charge >= 0.3 is 5.97 Å². The summed E-state index contributed by atoms with van der Waals surface area (Å²) in [5, 5.41) is 0. The molecule has 0 spiro atoms. The molecule has 4 nitrogen and oxygen atoms in total. The van der Waals surface area contributed by atoms with E-state index < -0.39 is 5.97 Å². The van der Waals surface area contributed by atoms with E-state index in [1.807, 2.05) is 6.92 Å². The fourth-order valence-electron chi connectivity index (χ4n) is 1.97. The van der Waals surface area contributed by atoms with Crippen molar-refractivity contribution in [1.29, 1.82) is 0 Å². The number of carbonyl (C=O) groups excluding carboxylic acids is 2. The van der Waals surface area contributed by atoms with Gasteiger partial charge in [0.25, 0.3) is 0 Å². The number of ketones is 1. The van der Waals surface area contributed by atoms with E-state index in [1.165, 1.54) is 7.11 Å². The molecular weight excluding hydrogens is 348 g/mol. The number of methoxy groups -OCH3 is 1. The van der Waals surface area contributed by atoms with Gasteiger partial charge in [-0.15, -0.1) is 0 Å². The summed E-state index contributed by atoms with van der Waals surface area (Å²) in [6, 6.07) is 11.7. The van der Waals surface area contributed by atoms with Crippen molar-refractivity contribution in [3.63, 3.8) is 0 Å². The van der Waals surface area contributed by atoms with Crippen molar-refractivity contribution in [2.24, 2.45) is 0 Å². The van der Waals surface area contributed by atoms with E-state index in [1.54, 1.807) is 42.5 Å². The Morgan fingerprint density at radius 2 is 1.68 bits per heavy atom. The molecule has 5 heteroatoms. The van der Waals surface area contributed by atoms with E-state index in [2.05, 4.69) is 20.7 Å². The van der Waals surface area contributed by atoms with Crippen LogP contribution in [0.1, 0.15) is 33.2 Å². The summed E-state index contributed by atoms with van der Waals surface area (Å²) in [5.74, 6) is 0.147. The number of hydrogen-bond acceptors (Lipinski definition) is 4. The normalized spacial score (nSPS) is 10.1. The topological polar surface area (TPSA) is 52.6 Å². The molecule has 114 valence electrons. The Morgan fingerprint density at radius 3 is 2.23 bits per heavy atom. The Kier molecular flexibility index (Phi) is 5.33. The van der Waals surface area contributed by atoms with Gasteiger partial charge in [-0.1, -0.05) is 6.07 Å². The lowest BCUT2D eigenvalue weighted by atomic mass is 10.0. The van der Waals surface area contributed by atoms with Crippen LogP contribution >= 0.6 is 15.9 Å². The maximum absolute atomic E-state index is 12.4. The van der Waals surface area contributed by atoms with Gasteiger partial charge in [-0.05, 0) is 59.3 Å². The van der Waals surface area contributed by atoms with Crippen molar-refractivity contribution < 1.29 is 19.1 Å². The molecule has 0 radical (unpaired) electrons. The van der Waals surface area contributed by atoms with Crippen LogP contribution < -0.4 is 4.74 Å². The van der Waals surface area contributed by atoms with Gasteiger partial charge in [-0.2, -0.15) is 0 Å². The summed E-state index contributed by atoms with van der Waals surface area (Å²) >= 11 is 3.29. The van der Waals surface area contributed by atoms with E-state index >= 15 is 0 Å². The van der Waals surface area contributed by atoms with Crippen LogP contribution in [0.3, 0.4) is 0 Å². The summed E-state index contributed by atoms with van der Waals surface area (Å²) < 4.78 is 10.5. The first kappa shape index (κ1) is 16.2. The molecule has 0 atom stereocenters. The van der Waals surface area contributed by atoms with Crippen molar-refractivity contribution >= 4 is 27.7 Å². The lowest BCUT2D eigenvalue weighted by Gasteiger charge is -2.07. The van der Waals surface area contributed by atoms with Crippen molar-refractivity contribution in [2.75, 3.05) is 13.7 Å². The molecule has 0 aliphatic heterocycles. The number of ether oxygens (including phenoxy) is 2. The standard InChI is InChI=1S/C17H15BrO4/c1-3-22-13-7-4-11(5-8-13)16(19)12-6-9-14(15(18)10-12)17(20)21-2/h4-10H,3H2,1-2H3. The van der Waals surface area contributed by atoms with Crippen molar-refractivity contribution in [1.82, 2.24) is 0 Å². The van der Waals surface area contributed by atoms with Crippen molar-refractivity contribution in [2.45, 2.75) is 6.92 Å². The first-order valence-corrected chi connectivity index (χ1v) is 7.51. The predicted octanol–water partition coefficient (Wildman–Crippen LogP) is 3.87. The zero-order chi connectivity index (χ0) is 16.1. The van der Waals surface area contributed by atoms with Crippen LogP contribution in [-0.4, -0.2) is 25.5 Å². The van der Waals surface area contributed by atoms with E-state index in [-0.39, 0.29) is 5.78 Å². The molecular formula is C17H15BrO4. The quantitative estimate of drug-likeness (QED) is 0.598. The van der Waals surface area contributed by atoms with Crippen LogP contribution in [0.4, 0.5) is 0 Å². The Labute approximate surface area is 137 Å². The molecule has 0 fully saturated rings. The minimum absolute atomic E-state index is 0.125. The Hall–Kier alpha value is -2.14. The monoisotopic (exact) mass is 362 g/mol. The highest BCUT2D eigenvalue weighted by molar-refractivity contribution is 9.10. The fourth-order valence-corrected chi connectivity index (χ4v) is 2.51. The number of benzene rings is 2. The van der Waals surface area contributed by atoms with Gasteiger partial charge in [-0.3, -0.25) is 4.79 Å². The van der Waals surface area contributed by atoms with E-state index in [0.717, 1.165) is 5.75 Å². The molecule has 0 unspecified atom stereocenters. The van der Waals surface area contributed by atoms with E-state index in [4.69, 9.17) is 4.74 Å². The van der Waals surface area contributed by atoms with E-state index in [9.17, 15) is 9.59 Å². The third-order valence-corrected chi connectivity index (χ3v) is 3.72. The number of carbonyl (C=O) groups is 2. The van der Waals surface area contributed by atoms with Gasteiger partial charge in [0.1, 0.15) is 5.75 Å². The Balaban J connectivity index is 2.25. The Bertz CT molecular complexity index is 692. The number of esters is 1. The van der Waals surface area contributed by atoms with Gasteiger partial charge in [0.05, 0.1) is 19.3 Å². The number of hydrogen-bond donors (Lipinski definition) is 0. The first-order chi connectivity index (χ1) is 10.6. The van der Waals surface area contributed by atoms with E-state index in [0.29, 0.717) is 27.8 Å². The molecule has 0 heterocycles. The fraction of sp³-hybridized carbons (Fsp3) is 0.176. The molecule has 2 rings (SSSR count). The zero-order valence-corrected chi connectivity index (χ0v) is 13.8. The van der Waals surface area contributed by atoms with Gasteiger partial charge in [0.15, 0.2) is 5.78 Å². The molecule has 0 bridgehead atoms. The lowest BCUT2D eigenvalue weighted by Crippen LogP contribution is -2.06. The van der Waals surface area contributed by atoms with Gasteiger partial charge < -0.3 is 9.47 Å². The van der Waals surface area contributed by atoms with Gasteiger partial charge in [-0.25, -0.2) is 4.79 Å². The second kappa shape index (κ2) is 7.22. The van der Waals surface area contributed by atoms with Crippen molar-refractivity contribution in [3.05, 3.63) is 63.6 Å². The van der Waals surface area contributed by atoms with Crippen LogP contribution in [0.2, 0.25) is 0 Å². The van der Waals surface area contributed by atoms with Crippen LogP contribution in [0.5, 0.6) is 5.75 Å². The smallest absolute Gasteiger partial charge is 0.339 e. The second-order valence-corrected chi connectivity index (χ2v) is 5.33. The molecule has 0 aliphatic carbocycles.